The molecule has 2 aromatic carbocycles. The van der Waals surface area contributed by atoms with Gasteiger partial charge in [-0.05, 0) is 61.1 Å². The van der Waals surface area contributed by atoms with Crippen molar-refractivity contribution in [3.8, 4) is 0 Å². The smallest absolute Gasteiger partial charge is 0.0423 e. The molecule has 1 aliphatic heterocycles. The quantitative estimate of drug-likeness (QED) is 0.866. The fraction of sp³-hybridized carbons (Fsp3) is 0.333. The number of hydrogen-bond acceptors (Lipinski definition) is 2. The van der Waals surface area contributed by atoms with Crippen molar-refractivity contribution >= 4 is 11.4 Å². The average Bonchev–Trinajstić information content (AvgIpc) is 2.48. The average molecular weight is 266 g/mol. The number of nitrogens with one attached hydrogen (secondary N) is 2. The summed E-state index contributed by atoms with van der Waals surface area (Å²) in [5.41, 5.74) is 8.03. The molecule has 2 aromatic rings. The van der Waals surface area contributed by atoms with Gasteiger partial charge in [-0.15, -0.1) is 0 Å². The lowest BCUT2D eigenvalue weighted by atomic mass is 9.99. The molecule has 2 N–H and O–H groups in total. The first-order valence-corrected chi connectivity index (χ1v) is 7.40. The molecule has 0 atom stereocenters. The van der Waals surface area contributed by atoms with Gasteiger partial charge in [0.2, 0.25) is 0 Å². The second-order valence-electron chi connectivity index (χ2n) is 5.63. The minimum atomic E-state index is 0.874. The van der Waals surface area contributed by atoms with Crippen LogP contribution in [0.15, 0.2) is 36.4 Å². The van der Waals surface area contributed by atoms with Gasteiger partial charge in [-0.25, -0.2) is 0 Å². The van der Waals surface area contributed by atoms with Gasteiger partial charge in [0.25, 0.3) is 0 Å². The van der Waals surface area contributed by atoms with E-state index < -0.39 is 0 Å². The molecule has 2 nitrogen and oxygen atoms in total. The van der Waals surface area contributed by atoms with E-state index in [0.717, 1.165) is 13.1 Å². The standard InChI is InChI=1S/C18H22N2/c1-13-8-9-17(11-14(13)2)20-12-16-6-3-5-15-7-4-10-19-18(15)16/h3,5-6,8-9,11,19-20H,4,7,10,12H2,1-2H3. The summed E-state index contributed by atoms with van der Waals surface area (Å²) in [5.74, 6) is 0. The van der Waals surface area contributed by atoms with E-state index >= 15 is 0 Å². The molecule has 0 fully saturated rings. The maximum absolute atomic E-state index is 3.55. The SMILES string of the molecule is Cc1ccc(NCc2cccc3c2NCCC3)cc1C. The molecule has 0 aromatic heterocycles. The first kappa shape index (κ1) is 13.0. The van der Waals surface area contributed by atoms with Crippen LogP contribution >= 0.6 is 0 Å². The van der Waals surface area contributed by atoms with E-state index in [2.05, 4.69) is 60.9 Å². The van der Waals surface area contributed by atoms with Crippen molar-refractivity contribution in [1.82, 2.24) is 0 Å². The van der Waals surface area contributed by atoms with Crippen LogP contribution in [0.25, 0.3) is 0 Å². The predicted octanol–water partition coefficient (Wildman–Crippen LogP) is 4.27. The summed E-state index contributed by atoms with van der Waals surface area (Å²) >= 11 is 0. The summed E-state index contributed by atoms with van der Waals surface area (Å²) in [5, 5.41) is 7.09. The topological polar surface area (TPSA) is 24.1 Å². The van der Waals surface area contributed by atoms with Gasteiger partial charge in [-0.1, -0.05) is 24.3 Å². The monoisotopic (exact) mass is 266 g/mol. The van der Waals surface area contributed by atoms with Crippen molar-refractivity contribution in [3.05, 3.63) is 58.7 Å². The van der Waals surface area contributed by atoms with Crippen LogP contribution in [-0.2, 0) is 13.0 Å². The fourth-order valence-electron chi connectivity index (χ4n) is 2.78. The summed E-state index contributed by atoms with van der Waals surface area (Å²) in [7, 11) is 0. The first-order chi connectivity index (χ1) is 9.74. The Balaban J connectivity index is 1.76. The molecular weight excluding hydrogens is 244 g/mol. The van der Waals surface area contributed by atoms with Crippen LogP contribution in [-0.4, -0.2) is 6.54 Å². The van der Waals surface area contributed by atoms with Crippen molar-refractivity contribution in [2.45, 2.75) is 33.2 Å². The Kier molecular flexibility index (Phi) is 3.64. The van der Waals surface area contributed by atoms with Crippen LogP contribution in [0.3, 0.4) is 0 Å². The van der Waals surface area contributed by atoms with Gasteiger partial charge >= 0.3 is 0 Å². The van der Waals surface area contributed by atoms with Gasteiger partial charge in [0.1, 0.15) is 0 Å². The summed E-state index contributed by atoms with van der Waals surface area (Å²) in [6.07, 6.45) is 2.43. The minimum Gasteiger partial charge on any atom is -0.385 e. The highest BCUT2D eigenvalue weighted by Gasteiger charge is 2.11. The van der Waals surface area contributed by atoms with Crippen LogP contribution in [0.2, 0.25) is 0 Å². The minimum absolute atomic E-state index is 0.874. The fourth-order valence-corrected chi connectivity index (χ4v) is 2.78. The molecular formula is C18H22N2. The van der Waals surface area contributed by atoms with Crippen molar-refractivity contribution in [2.75, 3.05) is 17.2 Å². The summed E-state index contributed by atoms with van der Waals surface area (Å²) in [4.78, 5) is 0. The van der Waals surface area contributed by atoms with E-state index in [1.165, 1.54) is 46.5 Å². The van der Waals surface area contributed by atoms with E-state index in [4.69, 9.17) is 0 Å². The van der Waals surface area contributed by atoms with Gasteiger partial charge in [0.05, 0.1) is 0 Å². The van der Waals surface area contributed by atoms with Crippen molar-refractivity contribution in [3.63, 3.8) is 0 Å². The van der Waals surface area contributed by atoms with Crippen molar-refractivity contribution < 1.29 is 0 Å². The van der Waals surface area contributed by atoms with Crippen molar-refractivity contribution in [2.24, 2.45) is 0 Å². The number of aryl methyl sites for hydroxylation is 3. The zero-order chi connectivity index (χ0) is 13.9. The summed E-state index contributed by atoms with van der Waals surface area (Å²) in [6.45, 7) is 6.27. The van der Waals surface area contributed by atoms with Crippen LogP contribution in [0.1, 0.15) is 28.7 Å². The van der Waals surface area contributed by atoms with Crippen LogP contribution in [0.4, 0.5) is 11.4 Å². The Hall–Kier alpha value is -1.96. The number of hydrogen-bond donors (Lipinski definition) is 2. The molecule has 0 saturated heterocycles. The summed E-state index contributed by atoms with van der Waals surface area (Å²) < 4.78 is 0. The molecule has 104 valence electrons. The van der Waals surface area contributed by atoms with E-state index in [9.17, 15) is 0 Å². The second-order valence-corrected chi connectivity index (χ2v) is 5.63. The number of anilines is 2. The molecule has 0 amide bonds. The molecule has 0 saturated carbocycles. The molecule has 1 heterocycles. The van der Waals surface area contributed by atoms with Crippen LogP contribution in [0.5, 0.6) is 0 Å². The maximum atomic E-state index is 3.55. The van der Waals surface area contributed by atoms with Gasteiger partial charge in [0.15, 0.2) is 0 Å². The van der Waals surface area contributed by atoms with Gasteiger partial charge < -0.3 is 10.6 Å². The van der Waals surface area contributed by atoms with E-state index in [1.807, 2.05) is 0 Å². The lowest BCUT2D eigenvalue weighted by Gasteiger charge is -2.21. The third-order valence-electron chi connectivity index (χ3n) is 4.15. The Morgan fingerprint density at radius 1 is 1.10 bits per heavy atom. The second kappa shape index (κ2) is 5.58. The lowest BCUT2D eigenvalue weighted by molar-refractivity contribution is 0.825. The lowest BCUT2D eigenvalue weighted by Crippen LogP contribution is -2.15. The summed E-state index contributed by atoms with van der Waals surface area (Å²) in [6, 6.07) is 13.2. The zero-order valence-electron chi connectivity index (χ0n) is 12.3. The molecule has 0 bridgehead atoms. The third kappa shape index (κ3) is 2.64. The normalized spacial score (nSPS) is 13.5. The van der Waals surface area contributed by atoms with Crippen molar-refractivity contribution in [1.29, 1.82) is 0 Å². The van der Waals surface area contributed by atoms with Crippen LogP contribution in [0, 0.1) is 13.8 Å². The molecule has 0 unspecified atom stereocenters. The highest BCUT2D eigenvalue weighted by Crippen LogP contribution is 2.26. The zero-order valence-corrected chi connectivity index (χ0v) is 12.3. The van der Waals surface area contributed by atoms with E-state index in [-0.39, 0.29) is 0 Å². The molecule has 20 heavy (non-hydrogen) atoms. The van der Waals surface area contributed by atoms with E-state index in [1.54, 1.807) is 0 Å². The van der Waals surface area contributed by atoms with Gasteiger partial charge in [-0.3, -0.25) is 0 Å². The highest BCUT2D eigenvalue weighted by molar-refractivity contribution is 5.60. The number of para-hydroxylation sites is 1. The molecule has 1 aliphatic rings. The molecule has 0 radical (unpaired) electrons. The van der Waals surface area contributed by atoms with E-state index in [0.29, 0.717) is 0 Å². The molecule has 0 aliphatic carbocycles. The molecule has 3 rings (SSSR count). The molecule has 0 spiro atoms. The largest absolute Gasteiger partial charge is 0.385 e. The Bertz CT molecular complexity index is 617. The van der Waals surface area contributed by atoms with Gasteiger partial charge in [-0.2, -0.15) is 0 Å². The number of benzene rings is 2. The predicted molar refractivity (Wildman–Crippen MR) is 86.5 cm³/mol. The number of rotatable bonds is 3. The van der Waals surface area contributed by atoms with Gasteiger partial charge in [0, 0.05) is 24.5 Å². The highest BCUT2D eigenvalue weighted by atomic mass is 14.9. The Morgan fingerprint density at radius 3 is 2.85 bits per heavy atom. The van der Waals surface area contributed by atoms with Crippen LogP contribution < -0.4 is 10.6 Å². The third-order valence-corrected chi connectivity index (χ3v) is 4.15. The number of fused-ring (bicyclic) bond motifs is 1. The maximum Gasteiger partial charge on any atom is 0.0423 e. The Labute approximate surface area is 121 Å². The molecule has 2 heteroatoms. The first-order valence-electron chi connectivity index (χ1n) is 7.40. The Morgan fingerprint density at radius 2 is 2.00 bits per heavy atom.